The van der Waals surface area contributed by atoms with Gasteiger partial charge in [-0.1, -0.05) is 5.16 Å². The molecule has 1 spiro atoms. The number of aromatic nitrogens is 5. The SMILES string of the molecule is CCn1c(=O)n([C@@H]2CCCOC2)c2nc(-c3onc4c3CCC[C@@]43CCCc4sc(N)c(C#N)c43)nc(OCC3(CN4CCCC4)CC3)c21. The highest BCUT2D eigenvalue weighted by Crippen LogP contribution is 2.55. The maximum absolute atomic E-state index is 14.1. The van der Waals surface area contributed by atoms with Crippen molar-refractivity contribution in [3.05, 3.63) is 37.7 Å². The number of hydrogen-bond donors (Lipinski definition) is 1. The third-order valence-electron chi connectivity index (χ3n) is 11.9. The first-order chi connectivity index (χ1) is 23.9. The number of anilines is 1. The minimum absolute atomic E-state index is 0.107. The van der Waals surface area contributed by atoms with Gasteiger partial charge in [0.15, 0.2) is 11.2 Å². The first-order valence-electron chi connectivity index (χ1n) is 18.2. The average molecular weight is 685 g/mol. The molecule has 3 fully saturated rings. The largest absolute Gasteiger partial charge is 0.475 e. The molecule has 0 bridgehead atoms. The number of likely N-dealkylation sites (tertiary alicyclic amines) is 1. The highest BCUT2D eigenvalue weighted by atomic mass is 32.1. The Bertz CT molecular complexity index is 2020. The van der Waals surface area contributed by atoms with Crippen molar-refractivity contribution < 1.29 is 14.0 Å². The van der Waals surface area contributed by atoms with Crippen LogP contribution in [0.1, 0.15) is 104 Å². The lowest BCUT2D eigenvalue weighted by molar-refractivity contribution is 0.0590. The fourth-order valence-electron chi connectivity index (χ4n) is 9.29. The highest BCUT2D eigenvalue weighted by Gasteiger charge is 2.49. The Balaban J connectivity index is 1.18. The number of ether oxygens (including phenoxy) is 2. The first kappa shape index (κ1) is 31.3. The van der Waals surface area contributed by atoms with E-state index in [-0.39, 0.29) is 17.1 Å². The third-order valence-corrected chi connectivity index (χ3v) is 13.0. The molecule has 49 heavy (non-hydrogen) atoms. The molecule has 5 aliphatic rings. The zero-order chi connectivity index (χ0) is 33.3. The van der Waals surface area contributed by atoms with E-state index in [2.05, 4.69) is 11.0 Å². The highest BCUT2D eigenvalue weighted by molar-refractivity contribution is 7.16. The Morgan fingerprint density at radius 2 is 1.92 bits per heavy atom. The maximum atomic E-state index is 14.1. The summed E-state index contributed by atoms with van der Waals surface area (Å²) in [6, 6.07) is 2.29. The van der Waals surface area contributed by atoms with E-state index in [1.54, 1.807) is 20.5 Å². The monoisotopic (exact) mass is 684 g/mol. The van der Waals surface area contributed by atoms with Gasteiger partial charge in [-0.2, -0.15) is 10.2 Å². The molecule has 1 saturated carbocycles. The van der Waals surface area contributed by atoms with E-state index in [1.807, 2.05) is 6.92 Å². The normalized spacial score (nSPS) is 24.6. The quantitative estimate of drug-likeness (QED) is 0.257. The van der Waals surface area contributed by atoms with Crippen molar-refractivity contribution in [3.63, 3.8) is 0 Å². The van der Waals surface area contributed by atoms with E-state index < -0.39 is 5.41 Å². The number of aryl methyl sites for hydroxylation is 2. The van der Waals surface area contributed by atoms with Crippen molar-refractivity contribution in [2.75, 3.05) is 45.2 Å². The number of hydrogen-bond acceptors (Lipinski definition) is 11. The summed E-state index contributed by atoms with van der Waals surface area (Å²) in [5, 5.41) is 15.5. The van der Waals surface area contributed by atoms with Gasteiger partial charge in [0, 0.05) is 41.0 Å². The molecule has 12 nitrogen and oxygen atoms in total. The van der Waals surface area contributed by atoms with Crippen LogP contribution < -0.4 is 16.2 Å². The molecule has 9 rings (SSSR count). The number of nitriles is 1. The average Bonchev–Trinajstić information content (AvgIpc) is 3.48. The second-order valence-electron chi connectivity index (χ2n) is 14.9. The molecule has 2 saturated heterocycles. The van der Waals surface area contributed by atoms with Crippen molar-refractivity contribution in [3.8, 4) is 23.5 Å². The minimum atomic E-state index is -0.424. The Kier molecular flexibility index (Phi) is 7.63. The molecular formula is C36H44N8O4S. The lowest BCUT2D eigenvalue weighted by Gasteiger charge is -2.39. The predicted octanol–water partition coefficient (Wildman–Crippen LogP) is 5.35. The second kappa shape index (κ2) is 12.0. The van der Waals surface area contributed by atoms with E-state index >= 15 is 0 Å². The van der Waals surface area contributed by atoms with E-state index in [1.165, 1.54) is 17.7 Å². The topological polar surface area (TPSA) is 150 Å². The lowest BCUT2D eigenvalue weighted by Crippen LogP contribution is -2.36. The lowest BCUT2D eigenvalue weighted by atomic mass is 9.62. The van der Waals surface area contributed by atoms with Crippen molar-refractivity contribution >= 4 is 27.5 Å². The van der Waals surface area contributed by atoms with Crippen molar-refractivity contribution in [1.29, 1.82) is 5.26 Å². The van der Waals surface area contributed by atoms with Crippen LogP contribution in [0.25, 0.3) is 22.7 Å². The molecule has 0 unspecified atom stereocenters. The molecule has 4 aromatic rings. The van der Waals surface area contributed by atoms with Crippen LogP contribution >= 0.6 is 11.3 Å². The van der Waals surface area contributed by atoms with Gasteiger partial charge < -0.3 is 24.6 Å². The molecule has 0 amide bonds. The van der Waals surface area contributed by atoms with Gasteiger partial charge in [0.05, 0.1) is 30.5 Å². The first-order valence-corrected chi connectivity index (χ1v) is 19.0. The van der Waals surface area contributed by atoms with Crippen LogP contribution in [0, 0.1) is 16.7 Å². The summed E-state index contributed by atoms with van der Waals surface area (Å²) < 4.78 is 22.4. The van der Waals surface area contributed by atoms with Crippen molar-refractivity contribution in [2.24, 2.45) is 5.41 Å². The number of imidazole rings is 1. The molecule has 2 atom stereocenters. The summed E-state index contributed by atoms with van der Waals surface area (Å²) in [5.41, 5.74) is 10.6. The van der Waals surface area contributed by atoms with Crippen LogP contribution in [-0.2, 0) is 29.5 Å². The van der Waals surface area contributed by atoms with E-state index in [4.69, 9.17) is 34.9 Å². The van der Waals surface area contributed by atoms with Crippen molar-refractivity contribution in [1.82, 2.24) is 29.2 Å². The Morgan fingerprint density at radius 3 is 2.65 bits per heavy atom. The van der Waals surface area contributed by atoms with Gasteiger partial charge in [0.25, 0.3) is 0 Å². The molecule has 0 radical (unpaired) electrons. The van der Waals surface area contributed by atoms with Crippen LogP contribution in [0.4, 0.5) is 5.00 Å². The van der Waals surface area contributed by atoms with Crippen LogP contribution in [0.2, 0.25) is 0 Å². The molecule has 0 aromatic carbocycles. The Morgan fingerprint density at radius 1 is 1.10 bits per heavy atom. The molecule has 3 aliphatic carbocycles. The number of thiophene rings is 1. The van der Waals surface area contributed by atoms with Gasteiger partial charge in [-0.25, -0.2) is 9.78 Å². The Hall–Kier alpha value is -3.73. The van der Waals surface area contributed by atoms with Gasteiger partial charge >= 0.3 is 5.69 Å². The number of nitrogens with two attached hydrogens (primary N) is 1. The summed E-state index contributed by atoms with van der Waals surface area (Å²) in [7, 11) is 0. The Labute approximate surface area is 289 Å². The van der Waals surface area contributed by atoms with E-state index in [0.29, 0.717) is 65.6 Å². The van der Waals surface area contributed by atoms with Gasteiger partial charge in [-0.3, -0.25) is 9.13 Å². The van der Waals surface area contributed by atoms with E-state index in [9.17, 15) is 10.1 Å². The smallest absolute Gasteiger partial charge is 0.330 e. The van der Waals surface area contributed by atoms with Crippen molar-refractivity contribution in [2.45, 2.75) is 102 Å². The zero-order valence-corrected chi connectivity index (χ0v) is 29.1. The molecule has 258 valence electrons. The molecule has 2 aliphatic heterocycles. The van der Waals surface area contributed by atoms with Gasteiger partial charge in [0.2, 0.25) is 17.5 Å². The number of rotatable bonds is 8. The minimum Gasteiger partial charge on any atom is -0.475 e. The second-order valence-corrected chi connectivity index (χ2v) is 16.1. The van der Waals surface area contributed by atoms with Gasteiger partial charge in [0.1, 0.15) is 11.1 Å². The van der Waals surface area contributed by atoms with E-state index in [0.717, 1.165) is 101 Å². The van der Waals surface area contributed by atoms with Crippen LogP contribution in [-0.4, -0.2) is 68.6 Å². The summed E-state index contributed by atoms with van der Waals surface area (Å²) in [5.74, 6) is 1.34. The third kappa shape index (κ3) is 4.96. The molecular weight excluding hydrogens is 641 g/mol. The number of fused-ring (bicyclic) bond motifs is 5. The molecule has 4 aromatic heterocycles. The van der Waals surface area contributed by atoms with Gasteiger partial charge in [-0.05, 0) is 103 Å². The van der Waals surface area contributed by atoms with Crippen LogP contribution in [0.5, 0.6) is 5.88 Å². The molecule has 6 heterocycles. The fraction of sp³-hybridized carbons (Fsp3) is 0.639. The molecule has 2 N–H and O–H groups in total. The predicted molar refractivity (Wildman–Crippen MR) is 185 cm³/mol. The number of nitrogen functional groups attached to an aromatic ring is 1. The summed E-state index contributed by atoms with van der Waals surface area (Å²) >= 11 is 1.54. The fourth-order valence-corrected chi connectivity index (χ4v) is 10.4. The summed E-state index contributed by atoms with van der Waals surface area (Å²) in [6.45, 7) is 7.49. The maximum Gasteiger partial charge on any atom is 0.330 e. The standard InChI is InChI=1S/C36H44N8O4S/c1-2-43-27-32(44(34(43)45)22-8-7-17-46-19-22)39-31(40-33(27)47-21-35(13-14-35)20-42-15-3-4-16-42)28-23-9-5-11-36(29(23)41-48-28)12-6-10-25-26(36)24(18-37)30(38)49-25/h22H,2-17,19-21,38H2,1H3/t22-,36+/m1/s1. The van der Waals surface area contributed by atoms with Gasteiger partial charge in [-0.15, -0.1) is 11.3 Å². The van der Waals surface area contributed by atoms with Crippen LogP contribution in [0.15, 0.2) is 9.32 Å². The summed E-state index contributed by atoms with van der Waals surface area (Å²) in [4.78, 5) is 28.1. The van der Waals surface area contributed by atoms with Crippen LogP contribution in [0.3, 0.4) is 0 Å². The number of nitrogens with zero attached hydrogens (tertiary/aromatic N) is 7. The zero-order valence-electron chi connectivity index (χ0n) is 28.3. The molecule has 13 heteroatoms. The summed E-state index contributed by atoms with van der Waals surface area (Å²) in [6.07, 6.45) is 11.9.